The molecule has 1 rings (SSSR count). The summed E-state index contributed by atoms with van der Waals surface area (Å²) >= 11 is 1.51. The van der Waals surface area contributed by atoms with Crippen LogP contribution in [0, 0.1) is 9.52 Å². The van der Waals surface area contributed by atoms with Crippen molar-refractivity contribution in [2.24, 2.45) is 0 Å². The number of alkyl halides is 2. The van der Waals surface area contributed by atoms with Gasteiger partial charge in [0.2, 0.25) is 11.2 Å². The van der Waals surface area contributed by atoms with E-state index in [4.69, 9.17) is 0 Å². The van der Waals surface area contributed by atoms with Crippen molar-refractivity contribution in [1.29, 1.82) is 0 Å². The quantitative estimate of drug-likeness (QED) is 0.623. The Bertz CT molecular complexity index is 349. The first-order valence-electron chi connectivity index (χ1n) is 2.88. The molecular weight excluding hydrogens is 286 g/mol. The smallest absolute Gasteiger partial charge is 0.269 e. The number of halogens is 4. The molecule has 12 heavy (non-hydrogen) atoms. The molecule has 0 spiro atoms. The van der Waals surface area contributed by atoms with Crippen LogP contribution in [0.4, 0.5) is 13.2 Å². The average molecular weight is 289 g/mol. The van der Waals surface area contributed by atoms with Gasteiger partial charge in [-0.2, -0.15) is 4.39 Å². The van der Waals surface area contributed by atoms with E-state index in [0.29, 0.717) is 0 Å². The van der Waals surface area contributed by atoms with Crippen molar-refractivity contribution < 1.29 is 13.2 Å². The van der Waals surface area contributed by atoms with E-state index in [1.165, 1.54) is 22.6 Å². The van der Waals surface area contributed by atoms with Gasteiger partial charge in [0.1, 0.15) is 3.70 Å². The summed E-state index contributed by atoms with van der Waals surface area (Å²) in [5.41, 5.74) is -2.08. The van der Waals surface area contributed by atoms with Crippen LogP contribution < -0.4 is 5.43 Å². The number of nitrogens with one attached hydrogen (secondary N) is 1. The Balaban J connectivity index is 3.37. The van der Waals surface area contributed by atoms with E-state index in [-0.39, 0.29) is 3.70 Å². The summed E-state index contributed by atoms with van der Waals surface area (Å²) in [6.45, 7) is 0. The SMILES string of the molecule is O=c1c(C(F)F)c[nH]c(I)c1F. The van der Waals surface area contributed by atoms with Crippen molar-refractivity contribution in [3.05, 3.63) is 31.5 Å². The number of aromatic nitrogens is 1. The molecule has 66 valence electrons. The Hall–Kier alpha value is -0.530. The minimum absolute atomic E-state index is 0.0676. The predicted molar refractivity (Wildman–Crippen MR) is 44.7 cm³/mol. The van der Waals surface area contributed by atoms with E-state index in [1.54, 1.807) is 0 Å². The molecule has 0 aliphatic heterocycles. The number of pyridine rings is 1. The Morgan fingerprint density at radius 2 is 2.08 bits per heavy atom. The molecule has 0 atom stereocenters. The molecule has 0 radical (unpaired) electrons. The van der Waals surface area contributed by atoms with Crippen LogP contribution in [0.25, 0.3) is 0 Å². The van der Waals surface area contributed by atoms with Crippen LogP contribution in [0.15, 0.2) is 11.0 Å². The zero-order chi connectivity index (χ0) is 9.30. The summed E-state index contributed by atoms with van der Waals surface area (Å²) in [5.74, 6) is -1.16. The zero-order valence-corrected chi connectivity index (χ0v) is 7.73. The first-order chi connectivity index (χ1) is 5.54. The molecule has 1 heterocycles. The summed E-state index contributed by atoms with van der Waals surface area (Å²) in [7, 11) is 0. The molecule has 0 amide bonds. The van der Waals surface area contributed by atoms with E-state index < -0.39 is 23.2 Å². The maximum absolute atomic E-state index is 12.7. The molecule has 0 bridgehead atoms. The summed E-state index contributed by atoms with van der Waals surface area (Å²) in [4.78, 5) is 13.0. The van der Waals surface area contributed by atoms with Crippen molar-refractivity contribution in [2.45, 2.75) is 6.43 Å². The third kappa shape index (κ3) is 1.62. The van der Waals surface area contributed by atoms with Crippen molar-refractivity contribution in [1.82, 2.24) is 4.98 Å². The van der Waals surface area contributed by atoms with Gasteiger partial charge in [-0.25, -0.2) is 8.78 Å². The minimum atomic E-state index is -2.94. The largest absolute Gasteiger partial charge is 0.354 e. The van der Waals surface area contributed by atoms with Crippen LogP contribution in [-0.4, -0.2) is 4.98 Å². The summed E-state index contributed by atoms with van der Waals surface area (Å²) in [5, 5.41) is 0. The predicted octanol–water partition coefficient (Wildman–Crippen LogP) is 2.06. The average Bonchev–Trinajstić information content (AvgIpc) is 2.00. The van der Waals surface area contributed by atoms with Crippen molar-refractivity contribution in [2.75, 3.05) is 0 Å². The lowest BCUT2D eigenvalue weighted by atomic mass is 10.3. The summed E-state index contributed by atoms with van der Waals surface area (Å²) in [6.07, 6.45) is -2.13. The van der Waals surface area contributed by atoms with E-state index >= 15 is 0 Å². The summed E-state index contributed by atoms with van der Waals surface area (Å²) in [6, 6.07) is 0. The second kappa shape index (κ2) is 3.46. The molecule has 6 heteroatoms. The number of rotatable bonds is 1. The highest BCUT2D eigenvalue weighted by Gasteiger charge is 2.16. The molecule has 0 aliphatic carbocycles. The standard InChI is InChI=1S/C6H3F3INO/c7-3-4(12)2(5(8)9)1-11-6(3)10/h1,5H,(H,11,12). The van der Waals surface area contributed by atoms with Gasteiger partial charge in [0.25, 0.3) is 6.43 Å². The lowest BCUT2D eigenvalue weighted by molar-refractivity contribution is 0.149. The van der Waals surface area contributed by atoms with Crippen molar-refractivity contribution in [3.63, 3.8) is 0 Å². The van der Waals surface area contributed by atoms with Gasteiger partial charge >= 0.3 is 0 Å². The van der Waals surface area contributed by atoms with Gasteiger partial charge in [-0.3, -0.25) is 4.79 Å². The van der Waals surface area contributed by atoms with Gasteiger partial charge in [0.15, 0.2) is 0 Å². The number of hydrogen-bond donors (Lipinski definition) is 1. The molecule has 0 aromatic carbocycles. The maximum Gasteiger partial charge on any atom is 0.269 e. The lowest BCUT2D eigenvalue weighted by Crippen LogP contribution is -2.15. The molecule has 0 aliphatic rings. The monoisotopic (exact) mass is 289 g/mol. The van der Waals surface area contributed by atoms with Crippen LogP contribution in [-0.2, 0) is 0 Å². The van der Waals surface area contributed by atoms with Crippen molar-refractivity contribution in [3.8, 4) is 0 Å². The number of H-pyrrole nitrogens is 1. The van der Waals surface area contributed by atoms with E-state index in [9.17, 15) is 18.0 Å². The van der Waals surface area contributed by atoms with Crippen LogP contribution in [0.1, 0.15) is 12.0 Å². The first-order valence-corrected chi connectivity index (χ1v) is 3.96. The highest BCUT2D eigenvalue weighted by atomic mass is 127. The topological polar surface area (TPSA) is 32.9 Å². The molecule has 0 fully saturated rings. The fourth-order valence-corrected chi connectivity index (χ4v) is 1.06. The van der Waals surface area contributed by atoms with Crippen molar-refractivity contribution >= 4 is 22.6 Å². The fourth-order valence-electron chi connectivity index (χ4n) is 0.659. The van der Waals surface area contributed by atoms with Gasteiger partial charge in [-0.1, -0.05) is 0 Å². The van der Waals surface area contributed by atoms with Crippen LogP contribution in [0.2, 0.25) is 0 Å². The molecule has 1 aromatic rings. The van der Waals surface area contributed by atoms with E-state index in [0.717, 1.165) is 6.20 Å². The fraction of sp³-hybridized carbons (Fsp3) is 0.167. The van der Waals surface area contributed by atoms with Gasteiger partial charge in [0.05, 0.1) is 5.56 Å². The van der Waals surface area contributed by atoms with Crippen LogP contribution >= 0.6 is 22.6 Å². The molecule has 1 N–H and O–H groups in total. The lowest BCUT2D eigenvalue weighted by Gasteiger charge is -1.99. The molecule has 0 unspecified atom stereocenters. The highest BCUT2D eigenvalue weighted by molar-refractivity contribution is 14.1. The third-order valence-corrected chi connectivity index (χ3v) is 2.03. The zero-order valence-electron chi connectivity index (χ0n) is 5.57. The molecule has 2 nitrogen and oxygen atoms in total. The Morgan fingerprint density at radius 3 is 2.58 bits per heavy atom. The Kier molecular flexibility index (Phi) is 2.76. The third-order valence-electron chi connectivity index (χ3n) is 1.24. The maximum atomic E-state index is 12.7. The first kappa shape index (κ1) is 9.56. The Morgan fingerprint density at radius 1 is 1.50 bits per heavy atom. The minimum Gasteiger partial charge on any atom is -0.354 e. The van der Waals surface area contributed by atoms with Gasteiger partial charge in [-0.05, 0) is 22.6 Å². The number of aromatic amines is 1. The summed E-state index contributed by atoms with van der Waals surface area (Å²) < 4.78 is 36.5. The molecular formula is C6H3F3INO. The Labute approximate surface area is 78.9 Å². The van der Waals surface area contributed by atoms with Gasteiger partial charge in [-0.15, -0.1) is 0 Å². The second-order valence-corrected chi connectivity index (χ2v) is 3.08. The van der Waals surface area contributed by atoms with Crippen LogP contribution in [0.3, 0.4) is 0 Å². The highest BCUT2D eigenvalue weighted by Crippen LogP contribution is 2.15. The van der Waals surface area contributed by atoms with E-state index in [1.807, 2.05) is 0 Å². The second-order valence-electron chi connectivity index (χ2n) is 2.00. The normalized spacial score (nSPS) is 10.8. The molecule has 0 saturated carbocycles. The van der Waals surface area contributed by atoms with Gasteiger partial charge in [0, 0.05) is 6.20 Å². The van der Waals surface area contributed by atoms with E-state index in [2.05, 4.69) is 4.98 Å². The molecule has 1 aromatic heterocycles. The van der Waals surface area contributed by atoms with Gasteiger partial charge < -0.3 is 4.98 Å². The van der Waals surface area contributed by atoms with Crippen LogP contribution in [0.5, 0.6) is 0 Å². The number of hydrogen-bond acceptors (Lipinski definition) is 1. The molecule has 0 saturated heterocycles.